The lowest BCUT2D eigenvalue weighted by molar-refractivity contribution is 0.777. The van der Waals surface area contributed by atoms with Crippen LogP contribution in [0.25, 0.3) is 72.3 Å². The van der Waals surface area contributed by atoms with Crippen LogP contribution in [0.15, 0.2) is 195 Å². The largest absolute Gasteiger partial charge is 0.310 e. The van der Waals surface area contributed by atoms with Crippen molar-refractivity contribution in [3.05, 3.63) is 223 Å². The molecule has 3 nitrogen and oxygen atoms in total. The molecule has 268 valence electrons. The molecule has 8 aromatic rings. The molecule has 0 spiro atoms. The second kappa shape index (κ2) is 14.0. The minimum Gasteiger partial charge on any atom is -0.310 e. The van der Waals surface area contributed by atoms with Gasteiger partial charge >= 0.3 is 0 Å². The second-order valence-corrected chi connectivity index (χ2v) is 14.6. The summed E-state index contributed by atoms with van der Waals surface area (Å²) in [4.78, 5) is 0. The maximum absolute atomic E-state index is 4.16. The van der Waals surface area contributed by atoms with Crippen molar-refractivity contribution in [2.75, 3.05) is 11.6 Å². The molecule has 0 saturated heterocycles. The highest BCUT2D eigenvalue weighted by Crippen LogP contribution is 2.41. The predicted molar refractivity (Wildman–Crippen MR) is 239 cm³/mol. The standard InChI is InChI=1S/C53H41N3/c1-3-15-37(4-2)43-32-44(39-18-9-6-10-19-39)34-45(33-43)55-50-22-13-11-20-46(50)48-26-24-41(35-52(48)55)42-25-27-49-47-21-12-14-23-51(47)56(53(49)36-42)54-30-28-40(29-31-54)38-16-7-5-8-17-38/h3-23,25,27-30,32-36H,1-2,24,26,31H2. The van der Waals surface area contributed by atoms with Gasteiger partial charge in [0.25, 0.3) is 0 Å². The van der Waals surface area contributed by atoms with E-state index in [9.17, 15) is 0 Å². The van der Waals surface area contributed by atoms with Gasteiger partial charge in [-0.2, -0.15) is 0 Å². The highest BCUT2D eigenvalue weighted by atomic mass is 15.5. The summed E-state index contributed by atoms with van der Waals surface area (Å²) in [5.41, 5.74) is 17.0. The Kier molecular flexibility index (Phi) is 8.34. The Morgan fingerprint density at radius 1 is 0.589 bits per heavy atom. The van der Waals surface area contributed by atoms with Crippen LogP contribution in [0.5, 0.6) is 0 Å². The third-order valence-corrected chi connectivity index (χ3v) is 11.4. The molecule has 0 atom stereocenters. The Hall–Kier alpha value is -7.10. The molecule has 1 aliphatic carbocycles. The number of rotatable bonds is 8. The Morgan fingerprint density at radius 2 is 1.30 bits per heavy atom. The summed E-state index contributed by atoms with van der Waals surface area (Å²) in [6.45, 7) is 8.93. The van der Waals surface area contributed by atoms with Gasteiger partial charge in [0.1, 0.15) is 0 Å². The molecule has 10 rings (SSSR count). The van der Waals surface area contributed by atoms with E-state index in [-0.39, 0.29) is 0 Å². The van der Waals surface area contributed by atoms with Gasteiger partial charge in [0, 0.05) is 28.0 Å². The molecule has 0 fully saturated rings. The minimum absolute atomic E-state index is 0.782. The van der Waals surface area contributed by atoms with Gasteiger partial charge in [-0.1, -0.05) is 147 Å². The molecule has 0 unspecified atom stereocenters. The topological polar surface area (TPSA) is 13.1 Å². The number of nitrogens with zero attached hydrogens (tertiary/aromatic N) is 3. The van der Waals surface area contributed by atoms with Crippen LogP contribution in [0.2, 0.25) is 0 Å². The number of aromatic nitrogens is 2. The lowest BCUT2D eigenvalue weighted by Crippen LogP contribution is -2.30. The van der Waals surface area contributed by atoms with Crippen LogP contribution in [0, 0.1) is 0 Å². The van der Waals surface area contributed by atoms with Crippen molar-refractivity contribution < 1.29 is 0 Å². The van der Waals surface area contributed by atoms with Gasteiger partial charge in [0.05, 0.1) is 28.8 Å². The van der Waals surface area contributed by atoms with E-state index in [1.54, 1.807) is 0 Å². The number of allylic oxidation sites excluding steroid dienone is 7. The Balaban J connectivity index is 1.12. The molecular formula is C53H41N3. The van der Waals surface area contributed by atoms with Crippen molar-refractivity contribution in [2.24, 2.45) is 0 Å². The van der Waals surface area contributed by atoms with E-state index in [0.29, 0.717) is 0 Å². The predicted octanol–water partition coefficient (Wildman–Crippen LogP) is 13.2. The van der Waals surface area contributed by atoms with Gasteiger partial charge in [-0.15, -0.1) is 0 Å². The molecule has 56 heavy (non-hydrogen) atoms. The third-order valence-electron chi connectivity index (χ3n) is 11.4. The summed E-state index contributed by atoms with van der Waals surface area (Å²) in [6, 6.07) is 52.9. The zero-order chi connectivity index (χ0) is 37.6. The Labute approximate surface area is 328 Å². The van der Waals surface area contributed by atoms with Crippen molar-refractivity contribution in [1.82, 2.24) is 9.24 Å². The van der Waals surface area contributed by atoms with E-state index in [4.69, 9.17) is 0 Å². The van der Waals surface area contributed by atoms with Crippen molar-refractivity contribution in [3.63, 3.8) is 0 Å². The maximum atomic E-state index is 4.16. The van der Waals surface area contributed by atoms with Crippen LogP contribution >= 0.6 is 0 Å². The molecule has 0 bridgehead atoms. The number of para-hydroxylation sites is 2. The van der Waals surface area contributed by atoms with Gasteiger partial charge < -0.3 is 4.57 Å². The summed E-state index contributed by atoms with van der Waals surface area (Å²) in [6.07, 6.45) is 17.0. The second-order valence-electron chi connectivity index (χ2n) is 14.6. The molecular weight excluding hydrogens is 679 g/mol. The van der Waals surface area contributed by atoms with Crippen LogP contribution in [0.1, 0.15) is 34.4 Å². The SMILES string of the molecule is C=CC=C(C=C)c1cc(-c2ccccc2)cc(-n2c3c(c4ccccc42)CCC(c2ccc4c5ccccc5n(N5C=CC(c6ccccc6)=CC5)c4c2)=C3)c1. The van der Waals surface area contributed by atoms with E-state index in [1.807, 2.05) is 18.2 Å². The molecule has 3 heteroatoms. The molecule has 6 aromatic carbocycles. The normalized spacial score (nSPS) is 14.2. The smallest absolute Gasteiger partial charge is 0.0718 e. The minimum atomic E-state index is 0.782. The fourth-order valence-electron chi connectivity index (χ4n) is 8.76. The fourth-order valence-corrected chi connectivity index (χ4v) is 8.76. The third kappa shape index (κ3) is 5.68. The van der Waals surface area contributed by atoms with Crippen LogP contribution in [0.4, 0.5) is 0 Å². The number of fused-ring (bicyclic) bond motifs is 6. The fraction of sp³-hybridized carbons (Fsp3) is 0.0566. The molecule has 0 amide bonds. The summed E-state index contributed by atoms with van der Waals surface area (Å²) >= 11 is 0. The van der Waals surface area contributed by atoms with Gasteiger partial charge in [0.2, 0.25) is 0 Å². The van der Waals surface area contributed by atoms with Crippen molar-refractivity contribution in [1.29, 1.82) is 0 Å². The van der Waals surface area contributed by atoms with Crippen LogP contribution in [-0.4, -0.2) is 15.8 Å². The number of hydrogen-bond acceptors (Lipinski definition) is 1. The van der Waals surface area contributed by atoms with E-state index < -0.39 is 0 Å². The molecule has 2 aromatic heterocycles. The van der Waals surface area contributed by atoms with Gasteiger partial charge in [-0.25, -0.2) is 0 Å². The van der Waals surface area contributed by atoms with E-state index in [2.05, 4.69) is 197 Å². The number of benzene rings is 6. The van der Waals surface area contributed by atoms with Gasteiger partial charge in [-0.05, 0) is 111 Å². The first kappa shape index (κ1) is 33.5. The zero-order valence-electron chi connectivity index (χ0n) is 31.3. The van der Waals surface area contributed by atoms with Crippen molar-refractivity contribution in [3.8, 4) is 16.8 Å². The molecule has 3 heterocycles. The quantitative estimate of drug-likeness (QED) is 0.143. The lowest BCUT2D eigenvalue weighted by Gasteiger charge is -2.26. The van der Waals surface area contributed by atoms with E-state index in [1.165, 1.54) is 71.8 Å². The van der Waals surface area contributed by atoms with E-state index in [0.717, 1.165) is 41.8 Å². The molecule has 0 saturated carbocycles. The summed E-state index contributed by atoms with van der Waals surface area (Å²) in [5, 5.41) is 6.17. The zero-order valence-corrected chi connectivity index (χ0v) is 31.3. The molecule has 1 aliphatic heterocycles. The number of aryl methyl sites for hydroxylation is 1. The molecule has 2 aliphatic rings. The van der Waals surface area contributed by atoms with E-state index >= 15 is 0 Å². The first-order chi connectivity index (χ1) is 27.7. The van der Waals surface area contributed by atoms with Gasteiger partial charge in [-0.3, -0.25) is 9.69 Å². The average Bonchev–Trinajstić information content (AvgIpc) is 3.78. The van der Waals surface area contributed by atoms with Crippen molar-refractivity contribution >= 4 is 55.5 Å². The van der Waals surface area contributed by atoms with Gasteiger partial charge in [0.15, 0.2) is 0 Å². The highest BCUT2D eigenvalue weighted by molar-refractivity contribution is 6.09. The Bertz CT molecular complexity index is 2960. The molecule has 0 N–H and O–H groups in total. The first-order valence-corrected chi connectivity index (χ1v) is 19.4. The monoisotopic (exact) mass is 719 g/mol. The Morgan fingerprint density at radius 3 is 2.05 bits per heavy atom. The first-order valence-electron chi connectivity index (χ1n) is 19.4. The van der Waals surface area contributed by atoms with Crippen molar-refractivity contribution in [2.45, 2.75) is 12.8 Å². The van der Waals surface area contributed by atoms with Crippen LogP contribution < -0.4 is 5.01 Å². The lowest BCUT2D eigenvalue weighted by atomic mass is 9.90. The summed E-state index contributed by atoms with van der Waals surface area (Å²) < 4.78 is 4.87. The maximum Gasteiger partial charge on any atom is 0.0718 e. The average molecular weight is 720 g/mol. The summed E-state index contributed by atoms with van der Waals surface area (Å²) in [5.74, 6) is 0. The van der Waals surface area contributed by atoms with Crippen LogP contribution in [-0.2, 0) is 6.42 Å². The highest BCUT2D eigenvalue weighted by Gasteiger charge is 2.24. The van der Waals surface area contributed by atoms with Crippen LogP contribution in [0.3, 0.4) is 0 Å². The molecule has 0 radical (unpaired) electrons. The summed E-state index contributed by atoms with van der Waals surface area (Å²) in [7, 11) is 0. The number of hydrogen-bond donors (Lipinski definition) is 0.